The minimum atomic E-state index is -3.52. The number of rotatable bonds is 7. The molecule has 1 unspecified atom stereocenters. The minimum absolute atomic E-state index is 0.0129. The third-order valence-corrected chi connectivity index (χ3v) is 7.93. The van der Waals surface area contributed by atoms with Gasteiger partial charge in [0.2, 0.25) is 10.0 Å². The van der Waals surface area contributed by atoms with Crippen LogP contribution in [0, 0.1) is 0 Å². The summed E-state index contributed by atoms with van der Waals surface area (Å²) in [5.74, 6) is 0. The highest BCUT2D eigenvalue weighted by molar-refractivity contribution is 7.89. The van der Waals surface area contributed by atoms with E-state index in [-0.39, 0.29) is 6.04 Å². The Morgan fingerprint density at radius 2 is 1.63 bits per heavy atom. The third-order valence-electron chi connectivity index (χ3n) is 5.98. The van der Waals surface area contributed by atoms with E-state index in [0.717, 1.165) is 49.7 Å². The summed E-state index contributed by atoms with van der Waals surface area (Å²) in [6.45, 7) is 5.10. The zero-order valence-electron chi connectivity index (χ0n) is 17.6. The Kier molecular flexibility index (Phi) is 6.52. The molecule has 5 heteroatoms. The maximum Gasteiger partial charge on any atom is 0.243 e. The summed E-state index contributed by atoms with van der Waals surface area (Å²) < 4.78 is 28.9. The molecule has 1 aliphatic heterocycles. The molecule has 0 N–H and O–H groups in total. The standard InChI is InChI=1S/C25H30N2O2S/c1-2-3-13-24-20-26(19-21-9-5-4-6-10-21)16-17-27(24)30(28,29)25-15-14-22-11-7-8-12-23(22)18-25/h4-12,14-15,18,24H,2-3,13,16-17,19-20H2,1H3. The van der Waals surface area contributed by atoms with E-state index < -0.39 is 10.0 Å². The summed E-state index contributed by atoms with van der Waals surface area (Å²) in [7, 11) is -3.52. The van der Waals surface area contributed by atoms with Crippen LogP contribution in [0.4, 0.5) is 0 Å². The highest BCUT2D eigenvalue weighted by Gasteiger charge is 2.35. The van der Waals surface area contributed by atoms with Crippen molar-refractivity contribution in [1.82, 2.24) is 9.21 Å². The van der Waals surface area contributed by atoms with Crippen LogP contribution in [0.15, 0.2) is 77.7 Å². The van der Waals surface area contributed by atoms with Crippen LogP contribution in [-0.4, -0.2) is 43.3 Å². The predicted molar refractivity (Wildman–Crippen MR) is 123 cm³/mol. The molecule has 4 rings (SSSR count). The van der Waals surface area contributed by atoms with E-state index in [0.29, 0.717) is 11.4 Å². The summed E-state index contributed by atoms with van der Waals surface area (Å²) in [6.07, 6.45) is 3.00. The molecule has 0 radical (unpaired) electrons. The van der Waals surface area contributed by atoms with Gasteiger partial charge in [0, 0.05) is 32.2 Å². The molecule has 0 spiro atoms. The van der Waals surface area contributed by atoms with Gasteiger partial charge in [-0.1, -0.05) is 80.4 Å². The fourth-order valence-corrected chi connectivity index (χ4v) is 6.02. The van der Waals surface area contributed by atoms with Gasteiger partial charge in [0.05, 0.1) is 4.90 Å². The molecule has 0 aliphatic carbocycles. The zero-order valence-corrected chi connectivity index (χ0v) is 18.4. The molecular weight excluding hydrogens is 392 g/mol. The highest BCUT2D eigenvalue weighted by atomic mass is 32.2. The van der Waals surface area contributed by atoms with Crippen LogP contribution in [0.5, 0.6) is 0 Å². The quantitative estimate of drug-likeness (QED) is 0.543. The van der Waals surface area contributed by atoms with Gasteiger partial charge in [0.1, 0.15) is 0 Å². The van der Waals surface area contributed by atoms with Gasteiger partial charge in [-0.15, -0.1) is 0 Å². The average molecular weight is 423 g/mol. The molecule has 1 heterocycles. The molecule has 1 atom stereocenters. The van der Waals surface area contributed by atoms with Crippen LogP contribution in [0.25, 0.3) is 10.8 Å². The van der Waals surface area contributed by atoms with E-state index in [9.17, 15) is 8.42 Å². The van der Waals surface area contributed by atoms with Crippen LogP contribution in [0.2, 0.25) is 0 Å². The van der Waals surface area contributed by atoms with Gasteiger partial charge in [0.25, 0.3) is 0 Å². The van der Waals surface area contributed by atoms with Gasteiger partial charge in [-0.3, -0.25) is 4.90 Å². The SMILES string of the molecule is CCCCC1CN(Cc2ccccc2)CCN1S(=O)(=O)c1ccc2ccccc2c1. The van der Waals surface area contributed by atoms with Gasteiger partial charge in [-0.05, 0) is 34.9 Å². The van der Waals surface area contributed by atoms with Crippen LogP contribution in [0.1, 0.15) is 31.7 Å². The Labute approximate surface area is 180 Å². The van der Waals surface area contributed by atoms with E-state index in [4.69, 9.17) is 0 Å². The highest BCUT2D eigenvalue weighted by Crippen LogP contribution is 2.27. The number of unbranched alkanes of at least 4 members (excludes halogenated alkanes) is 1. The lowest BCUT2D eigenvalue weighted by Gasteiger charge is -2.40. The van der Waals surface area contributed by atoms with Crippen LogP contribution >= 0.6 is 0 Å². The Balaban J connectivity index is 1.57. The summed E-state index contributed by atoms with van der Waals surface area (Å²) in [5, 5.41) is 2.03. The molecule has 30 heavy (non-hydrogen) atoms. The molecule has 158 valence electrons. The van der Waals surface area contributed by atoms with Gasteiger partial charge in [0.15, 0.2) is 0 Å². The predicted octanol–water partition coefficient (Wildman–Crippen LogP) is 4.91. The molecule has 1 aliphatic rings. The largest absolute Gasteiger partial charge is 0.296 e. The lowest BCUT2D eigenvalue weighted by Crippen LogP contribution is -2.54. The maximum atomic E-state index is 13.6. The van der Waals surface area contributed by atoms with Gasteiger partial charge >= 0.3 is 0 Å². The first kappa shape index (κ1) is 21.0. The Morgan fingerprint density at radius 1 is 0.900 bits per heavy atom. The first-order chi connectivity index (χ1) is 14.6. The fraction of sp³-hybridized carbons (Fsp3) is 0.360. The molecule has 0 aromatic heterocycles. The van der Waals surface area contributed by atoms with Crippen molar-refractivity contribution in [2.75, 3.05) is 19.6 Å². The van der Waals surface area contributed by atoms with E-state index >= 15 is 0 Å². The monoisotopic (exact) mass is 422 g/mol. The lowest BCUT2D eigenvalue weighted by atomic mass is 10.1. The lowest BCUT2D eigenvalue weighted by molar-refractivity contribution is 0.122. The third kappa shape index (κ3) is 4.59. The van der Waals surface area contributed by atoms with E-state index in [1.807, 2.05) is 42.5 Å². The number of fused-ring (bicyclic) bond motifs is 1. The van der Waals surface area contributed by atoms with E-state index in [2.05, 4.69) is 36.1 Å². The number of piperazine rings is 1. The number of hydrogen-bond donors (Lipinski definition) is 0. The first-order valence-corrected chi connectivity index (χ1v) is 12.3. The average Bonchev–Trinajstić information content (AvgIpc) is 2.78. The topological polar surface area (TPSA) is 40.6 Å². The van der Waals surface area contributed by atoms with Crippen LogP contribution in [-0.2, 0) is 16.6 Å². The molecule has 3 aromatic carbocycles. The number of hydrogen-bond acceptors (Lipinski definition) is 3. The van der Waals surface area contributed by atoms with Crippen LogP contribution < -0.4 is 0 Å². The molecule has 0 amide bonds. The minimum Gasteiger partial charge on any atom is -0.296 e. The van der Waals surface area contributed by atoms with Crippen molar-refractivity contribution in [2.45, 2.75) is 43.7 Å². The van der Waals surface area contributed by atoms with Gasteiger partial charge in [-0.2, -0.15) is 4.31 Å². The molecular formula is C25H30N2O2S. The van der Waals surface area contributed by atoms with E-state index in [1.54, 1.807) is 10.4 Å². The zero-order chi connectivity index (χ0) is 21.0. The van der Waals surface area contributed by atoms with Crippen LogP contribution in [0.3, 0.4) is 0 Å². The molecule has 1 saturated heterocycles. The Morgan fingerprint density at radius 3 is 2.40 bits per heavy atom. The van der Waals surface area contributed by atoms with Crippen molar-refractivity contribution in [3.8, 4) is 0 Å². The van der Waals surface area contributed by atoms with Crippen molar-refractivity contribution in [1.29, 1.82) is 0 Å². The second kappa shape index (κ2) is 9.29. The summed E-state index contributed by atoms with van der Waals surface area (Å²) >= 11 is 0. The normalized spacial score (nSPS) is 18.6. The van der Waals surface area contributed by atoms with Gasteiger partial charge in [-0.25, -0.2) is 8.42 Å². The second-order valence-electron chi connectivity index (χ2n) is 8.14. The van der Waals surface area contributed by atoms with Crippen molar-refractivity contribution in [2.24, 2.45) is 0 Å². The smallest absolute Gasteiger partial charge is 0.243 e. The molecule has 1 fully saturated rings. The number of sulfonamides is 1. The number of nitrogens with zero attached hydrogens (tertiary/aromatic N) is 2. The number of benzene rings is 3. The fourth-order valence-electron chi connectivity index (χ4n) is 4.34. The van der Waals surface area contributed by atoms with Crippen molar-refractivity contribution >= 4 is 20.8 Å². The summed E-state index contributed by atoms with van der Waals surface area (Å²) in [5.41, 5.74) is 1.28. The molecule has 4 nitrogen and oxygen atoms in total. The van der Waals surface area contributed by atoms with Gasteiger partial charge < -0.3 is 0 Å². The Hall–Kier alpha value is -2.21. The molecule has 3 aromatic rings. The second-order valence-corrected chi connectivity index (χ2v) is 10.0. The Bertz CT molecular complexity index is 1080. The van der Waals surface area contributed by atoms with E-state index in [1.165, 1.54) is 5.56 Å². The maximum absolute atomic E-state index is 13.6. The van der Waals surface area contributed by atoms with Crippen molar-refractivity contribution in [3.63, 3.8) is 0 Å². The molecule has 0 saturated carbocycles. The summed E-state index contributed by atoms with van der Waals surface area (Å²) in [4.78, 5) is 2.79. The first-order valence-electron chi connectivity index (χ1n) is 10.8. The van der Waals surface area contributed by atoms with Crippen molar-refractivity contribution in [3.05, 3.63) is 78.4 Å². The van der Waals surface area contributed by atoms with Crippen molar-refractivity contribution < 1.29 is 8.42 Å². The summed E-state index contributed by atoms with van der Waals surface area (Å²) in [6, 6.07) is 23.8. The molecule has 0 bridgehead atoms.